The summed E-state index contributed by atoms with van der Waals surface area (Å²) < 4.78 is 31.7. The molecule has 0 bridgehead atoms. The third kappa shape index (κ3) is 3.42. The first-order chi connectivity index (χ1) is 12.9. The number of hydrogen-bond donors (Lipinski definition) is 0. The molecule has 1 aliphatic heterocycles. The molecular formula is C19H23N5O2S. The van der Waals surface area contributed by atoms with Crippen LogP contribution < -0.4 is 0 Å². The fourth-order valence-electron chi connectivity index (χ4n) is 3.57. The third-order valence-electron chi connectivity index (χ3n) is 4.99. The lowest BCUT2D eigenvalue weighted by atomic mass is 10.1. The molecule has 1 aliphatic rings. The molecule has 1 fully saturated rings. The molecule has 0 saturated carbocycles. The molecule has 1 saturated heterocycles. The maximum Gasteiger partial charge on any atom is 0.246 e. The molecule has 3 aromatic rings. The monoisotopic (exact) mass is 385 g/mol. The predicted molar refractivity (Wildman–Crippen MR) is 103 cm³/mol. The second-order valence-electron chi connectivity index (χ2n) is 7.01. The molecule has 142 valence electrons. The Kier molecular flexibility index (Phi) is 4.61. The number of hydrogen-bond acceptors (Lipinski definition) is 4. The minimum Gasteiger partial charge on any atom is -0.274 e. The molecule has 0 atom stereocenters. The normalized spacial score (nSPS) is 16.7. The smallest absolute Gasteiger partial charge is 0.246 e. The number of piperidine rings is 1. The molecule has 0 spiro atoms. The number of nitrogens with zero attached hydrogens (tertiary/aromatic N) is 5. The van der Waals surface area contributed by atoms with Gasteiger partial charge >= 0.3 is 0 Å². The van der Waals surface area contributed by atoms with Gasteiger partial charge in [-0.05, 0) is 25.3 Å². The number of rotatable bonds is 4. The van der Waals surface area contributed by atoms with Crippen LogP contribution in [0.2, 0.25) is 0 Å². The standard InChI is InChI=1S/C19H23N5O2S/c1-15-12-20-24(13-15)17-8-10-23(11-9-17)27(25,26)18-14-22(2)21-19(18)16-6-4-3-5-7-16/h3-7,12-14,17H,8-11H2,1-2H3. The van der Waals surface area contributed by atoms with Gasteiger partial charge in [0.15, 0.2) is 0 Å². The zero-order valence-electron chi connectivity index (χ0n) is 15.5. The highest BCUT2D eigenvalue weighted by Crippen LogP contribution is 2.31. The van der Waals surface area contributed by atoms with Gasteiger partial charge in [0, 0.05) is 38.1 Å². The predicted octanol–water partition coefficient (Wildman–Crippen LogP) is 2.62. The summed E-state index contributed by atoms with van der Waals surface area (Å²) in [5.74, 6) is 0. The second kappa shape index (κ2) is 6.94. The van der Waals surface area contributed by atoms with Crippen LogP contribution in [0.3, 0.4) is 0 Å². The first-order valence-electron chi connectivity index (χ1n) is 9.05. The quantitative estimate of drug-likeness (QED) is 0.692. The molecule has 3 heterocycles. The summed E-state index contributed by atoms with van der Waals surface area (Å²) in [5, 5.41) is 8.78. The molecule has 0 amide bonds. The number of aryl methyl sites for hydroxylation is 2. The zero-order valence-corrected chi connectivity index (χ0v) is 16.3. The molecule has 2 aromatic heterocycles. The summed E-state index contributed by atoms with van der Waals surface area (Å²) >= 11 is 0. The molecule has 0 aliphatic carbocycles. The van der Waals surface area contributed by atoms with Crippen LogP contribution in [0.1, 0.15) is 24.4 Å². The van der Waals surface area contributed by atoms with Gasteiger partial charge in [-0.25, -0.2) is 8.42 Å². The van der Waals surface area contributed by atoms with Crippen molar-refractivity contribution in [2.75, 3.05) is 13.1 Å². The van der Waals surface area contributed by atoms with Crippen molar-refractivity contribution in [3.63, 3.8) is 0 Å². The molecule has 27 heavy (non-hydrogen) atoms. The first-order valence-corrected chi connectivity index (χ1v) is 10.5. The van der Waals surface area contributed by atoms with Crippen molar-refractivity contribution in [1.82, 2.24) is 23.9 Å². The van der Waals surface area contributed by atoms with Crippen LogP contribution in [-0.4, -0.2) is 45.4 Å². The summed E-state index contributed by atoms with van der Waals surface area (Å²) in [6.45, 7) is 2.97. The molecule has 1 aromatic carbocycles. The Hall–Kier alpha value is -2.45. The van der Waals surface area contributed by atoms with E-state index in [4.69, 9.17) is 0 Å². The molecule has 0 N–H and O–H groups in total. The van der Waals surface area contributed by atoms with Crippen LogP contribution in [0.15, 0.2) is 53.8 Å². The van der Waals surface area contributed by atoms with E-state index in [9.17, 15) is 8.42 Å². The van der Waals surface area contributed by atoms with Crippen LogP contribution in [-0.2, 0) is 17.1 Å². The topological polar surface area (TPSA) is 73.0 Å². The lowest BCUT2D eigenvalue weighted by Gasteiger charge is -2.31. The van der Waals surface area contributed by atoms with Crippen molar-refractivity contribution in [3.05, 3.63) is 54.5 Å². The van der Waals surface area contributed by atoms with Crippen molar-refractivity contribution in [2.24, 2.45) is 7.05 Å². The lowest BCUT2D eigenvalue weighted by Crippen LogP contribution is -2.39. The van der Waals surface area contributed by atoms with E-state index in [1.165, 1.54) is 0 Å². The molecule has 0 unspecified atom stereocenters. The minimum absolute atomic E-state index is 0.243. The number of benzene rings is 1. The molecular weight excluding hydrogens is 362 g/mol. The molecule has 4 rings (SSSR count). The van der Waals surface area contributed by atoms with E-state index in [0.29, 0.717) is 18.8 Å². The van der Waals surface area contributed by atoms with E-state index >= 15 is 0 Å². The van der Waals surface area contributed by atoms with E-state index in [2.05, 4.69) is 10.2 Å². The van der Waals surface area contributed by atoms with Gasteiger partial charge in [-0.15, -0.1) is 0 Å². The van der Waals surface area contributed by atoms with E-state index in [-0.39, 0.29) is 10.9 Å². The van der Waals surface area contributed by atoms with Gasteiger partial charge in [0.05, 0.1) is 12.2 Å². The van der Waals surface area contributed by atoms with Crippen molar-refractivity contribution in [1.29, 1.82) is 0 Å². The highest BCUT2D eigenvalue weighted by atomic mass is 32.2. The Morgan fingerprint density at radius 3 is 2.41 bits per heavy atom. The third-order valence-corrected chi connectivity index (χ3v) is 6.89. The Labute approximate surface area is 159 Å². The van der Waals surface area contributed by atoms with Gasteiger partial charge in [-0.2, -0.15) is 14.5 Å². The van der Waals surface area contributed by atoms with Crippen molar-refractivity contribution in [3.8, 4) is 11.3 Å². The summed E-state index contributed by atoms with van der Waals surface area (Å²) in [6, 6.07) is 9.69. The van der Waals surface area contributed by atoms with Gasteiger partial charge in [0.25, 0.3) is 0 Å². The maximum atomic E-state index is 13.3. The largest absolute Gasteiger partial charge is 0.274 e. The van der Waals surface area contributed by atoms with Crippen LogP contribution in [0.4, 0.5) is 0 Å². The molecule has 0 radical (unpaired) electrons. The number of sulfonamides is 1. The van der Waals surface area contributed by atoms with E-state index in [0.717, 1.165) is 24.0 Å². The van der Waals surface area contributed by atoms with Gasteiger partial charge in [0.1, 0.15) is 10.6 Å². The summed E-state index contributed by atoms with van der Waals surface area (Å²) in [7, 11) is -1.85. The average Bonchev–Trinajstić information content (AvgIpc) is 3.29. The Bertz CT molecular complexity index is 1030. The highest BCUT2D eigenvalue weighted by Gasteiger charge is 2.33. The first kappa shape index (κ1) is 17.9. The minimum atomic E-state index is -3.60. The summed E-state index contributed by atoms with van der Waals surface area (Å²) in [4.78, 5) is 0.268. The van der Waals surface area contributed by atoms with Crippen molar-refractivity contribution < 1.29 is 8.42 Å². The van der Waals surface area contributed by atoms with E-state index in [1.807, 2.05) is 54.3 Å². The van der Waals surface area contributed by atoms with Gasteiger partial charge in [-0.3, -0.25) is 9.36 Å². The van der Waals surface area contributed by atoms with Gasteiger partial charge in [-0.1, -0.05) is 30.3 Å². The van der Waals surface area contributed by atoms with E-state index < -0.39 is 10.0 Å². The fraction of sp³-hybridized carbons (Fsp3) is 0.368. The van der Waals surface area contributed by atoms with E-state index in [1.54, 1.807) is 22.2 Å². The summed E-state index contributed by atoms with van der Waals surface area (Å²) in [5.41, 5.74) is 2.43. The Morgan fingerprint density at radius 1 is 1.07 bits per heavy atom. The maximum absolute atomic E-state index is 13.3. The van der Waals surface area contributed by atoms with Gasteiger partial charge in [0.2, 0.25) is 10.0 Å². The SMILES string of the molecule is Cc1cnn(C2CCN(S(=O)(=O)c3cn(C)nc3-c3ccccc3)CC2)c1. The Morgan fingerprint density at radius 2 is 1.78 bits per heavy atom. The second-order valence-corrected chi connectivity index (χ2v) is 8.92. The van der Waals surface area contributed by atoms with Crippen molar-refractivity contribution in [2.45, 2.75) is 30.7 Å². The Balaban J connectivity index is 1.58. The zero-order chi connectivity index (χ0) is 19.0. The van der Waals surface area contributed by atoms with Crippen LogP contribution in [0.25, 0.3) is 11.3 Å². The molecule has 8 heteroatoms. The lowest BCUT2D eigenvalue weighted by molar-refractivity contribution is 0.261. The van der Waals surface area contributed by atoms with Crippen LogP contribution >= 0.6 is 0 Å². The fourth-order valence-corrected chi connectivity index (χ4v) is 5.23. The summed E-state index contributed by atoms with van der Waals surface area (Å²) in [6.07, 6.45) is 6.96. The molecule has 7 nitrogen and oxygen atoms in total. The number of aromatic nitrogens is 4. The van der Waals surface area contributed by atoms with Crippen LogP contribution in [0.5, 0.6) is 0 Å². The average molecular weight is 385 g/mol. The highest BCUT2D eigenvalue weighted by molar-refractivity contribution is 7.89. The van der Waals surface area contributed by atoms with Gasteiger partial charge < -0.3 is 0 Å². The van der Waals surface area contributed by atoms with Crippen LogP contribution in [0, 0.1) is 6.92 Å². The van der Waals surface area contributed by atoms with Crippen molar-refractivity contribution >= 4 is 10.0 Å².